The lowest BCUT2D eigenvalue weighted by molar-refractivity contribution is 0.0512. The Morgan fingerprint density at radius 3 is 2.05 bits per heavy atom. The van der Waals surface area contributed by atoms with Crippen LogP contribution in [0.1, 0.15) is 45.7 Å². The molecule has 55 heavy (non-hydrogen) atoms. The molecule has 0 fully saturated rings. The summed E-state index contributed by atoms with van der Waals surface area (Å²) >= 11 is 0. The first kappa shape index (κ1) is 42.8. The number of hydrogen-bond acceptors (Lipinski definition) is 9. The first-order chi connectivity index (χ1) is 26.7. The SMILES string of the molecule is C#CC.C=C(NCc1ccc(C(=O)O)cc1)c1ccc(NC/N=C(\NC(C)=NCCOCCOCCNC(=O)c2ccccc2)Nc2ccc(O)cc2)cc1. The highest BCUT2D eigenvalue weighted by atomic mass is 16.5. The van der Waals surface area contributed by atoms with E-state index in [1.807, 2.05) is 49.4 Å². The van der Waals surface area contributed by atoms with Crippen LogP contribution in [0.5, 0.6) is 5.75 Å². The molecule has 0 saturated heterocycles. The quantitative estimate of drug-likeness (QED) is 0.0204. The van der Waals surface area contributed by atoms with Crippen molar-refractivity contribution in [2.45, 2.75) is 20.4 Å². The fraction of sp³-hybridized carbons (Fsp3) is 0.238. The van der Waals surface area contributed by atoms with E-state index in [0.29, 0.717) is 63.4 Å². The maximum atomic E-state index is 12.0. The number of ether oxygens (including phenoxy) is 2. The number of carboxylic acids is 1. The van der Waals surface area contributed by atoms with Crippen LogP contribution in [0.2, 0.25) is 0 Å². The minimum atomic E-state index is -0.953. The summed E-state index contributed by atoms with van der Waals surface area (Å²) in [7, 11) is 0. The van der Waals surface area contributed by atoms with Gasteiger partial charge >= 0.3 is 5.97 Å². The summed E-state index contributed by atoms with van der Waals surface area (Å²) in [6.45, 7) is 10.8. The summed E-state index contributed by atoms with van der Waals surface area (Å²) in [5.74, 6) is 2.42. The van der Waals surface area contributed by atoms with E-state index in [9.17, 15) is 14.7 Å². The third kappa shape index (κ3) is 17.2. The smallest absolute Gasteiger partial charge is 0.335 e. The third-order valence-electron chi connectivity index (χ3n) is 7.41. The van der Waals surface area contributed by atoms with Crippen LogP contribution < -0.4 is 26.6 Å². The van der Waals surface area contributed by atoms with Gasteiger partial charge in [0.15, 0.2) is 0 Å². The van der Waals surface area contributed by atoms with Gasteiger partial charge in [0.25, 0.3) is 5.91 Å². The molecule has 1 amide bonds. The molecule has 4 aromatic carbocycles. The summed E-state index contributed by atoms with van der Waals surface area (Å²) in [4.78, 5) is 32.3. The summed E-state index contributed by atoms with van der Waals surface area (Å²) in [6, 6.07) is 30.1. The Balaban J connectivity index is 0.00000262. The molecular formula is C42H49N7O6. The maximum absolute atomic E-state index is 12.0. The van der Waals surface area contributed by atoms with Crippen molar-refractivity contribution in [2.24, 2.45) is 9.98 Å². The fourth-order valence-corrected chi connectivity index (χ4v) is 4.61. The molecule has 0 saturated carbocycles. The van der Waals surface area contributed by atoms with E-state index >= 15 is 0 Å². The van der Waals surface area contributed by atoms with E-state index in [1.165, 1.54) is 0 Å². The second-order valence-electron chi connectivity index (χ2n) is 11.7. The van der Waals surface area contributed by atoms with Crippen molar-refractivity contribution in [1.29, 1.82) is 0 Å². The normalized spacial score (nSPS) is 10.9. The van der Waals surface area contributed by atoms with Crippen LogP contribution in [0.15, 0.2) is 120 Å². The molecule has 0 aromatic heterocycles. The number of hydrogen-bond donors (Lipinski definition) is 7. The number of aromatic hydroxyl groups is 1. The highest BCUT2D eigenvalue weighted by Crippen LogP contribution is 2.16. The predicted molar refractivity (Wildman–Crippen MR) is 219 cm³/mol. The molecule has 4 rings (SSSR count). The number of phenols is 1. The van der Waals surface area contributed by atoms with Crippen LogP contribution >= 0.6 is 0 Å². The number of nitrogens with one attached hydrogen (secondary N) is 5. The number of carbonyl (C=O) groups excluding carboxylic acids is 1. The van der Waals surface area contributed by atoms with E-state index in [-0.39, 0.29) is 23.9 Å². The standard InChI is InChI=1S/C39H45N7O6.C3H4/c1-28(42-26-30-8-10-33(11-9-30)38(49)50)31-12-14-34(15-13-31)43-27-44-39(46-35-16-18-36(47)19-17-35)45-29(2)40-20-22-51-24-25-52-23-21-41-37(48)32-6-4-3-5-7-32;1-3-2/h3-19,42-43,47H,1,20-27H2,2H3,(H,41,48)(H,49,50)(H2,40,44,45,46);1H,2H3. The molecule has 13 nitrogen and oxygen atoms in total. The second kappa shape index (κ2) is 24.6. The van der Waals surface area contributed by atoms with Crippen molar-refractivity contribution >= 4 is 40.7 Å². The molecule has 13 heteroatoms. The zero-order chi connectivity index (χ0) is 39.7. The zero-order valence-corrected chi connectivity index (χ0v) is 31.2. The van der Waals surface area contributed by atoms with Gasteiger partial charge in [-0.2, -0.15) is 0 Å². The number of anilines is 2. The lowest BCUT2D eigenvalue weighted by atomic mass is 10.1. The highest BCUT2D eigenvalue weighted by molar-refractivity contribution is 6.05. The van der Waals surface area contributed by atoms with Crippen molar-refractivity contribution in [3.8, 4) is 18.1 Å². The van der Waals surface area contributed by atoms with Crippen LogP contribution in [-0.2, 0) is 16.0 Å². The Hall–Kier alpha value is -6.62. The minimum Gasteiger partial charge on any atom is -0.508 e. The Morgan fingerprint density at radius 1 is 0.782 bits per heavy atom. The number of aliphatic imine (C=N–C) groups is 2. The van der Waals surface area contributed by atoms with Crippen molar-refractivity contribution in [2.75, 3.05) is 56.8 Å². The number of phenolic OH excluding ortho intramolecular Hbond substituents is 1. The average molecular weight is 748 g/mol. The van der Waals surface area contributed by atoms with Gasteiger partial charge in [0, 0.05) is 35.7 Å². The average Bonchev–Trinajstić information content (AvgIpc) is 3.19. The van der Waals surface area contributed by atoms with E-state index in [1.54, 1.807) is 67.6 Å². The van der Waals surface area contributed by atoms with E-state index in [0.717, 1.165) is 28.2 Å². The van der Waals surface area contributed by atoms with Gasteiger partial charge in [-0.25, -0.2) is 9.79 Å². The number of guanidine groups is 1. The molecule has 0 radical (unpaired) electrons. The van der Waals surface area contributed by atoms with Crippen molar-refractivity contribution in [3.63, 3.8) is 0 Å². The first-order valence-corrected chi connectivity index (χ1v) is 17.5. The van der Waals surface area contributed by atoms with Gasteiger partial charge in [0.05, 0.1) is 44.4 Å². The number of amidine groups is 1. The molecule has 0 spiro atoms. The largest absolute Gasteiger partial charge is 0.508 e. The van der Waals surface area contributed by atoms with Crippen LogP contribution in [0, 0.1) is 12.3 Å². The maximum Gasteiger partial charge on any atom is 0.335 e. The van der Waals surface area contributed by atoms with Crippen LogP contribution in [0.3, 0.4) is 0 Å². The van der Waals surface area contributed by atoms with Crippen molar-refractivity contribution < 1.29 is 29.3 Å². The van der Waals surface area contributed by atoms with E-state index in [4.69, 9.17) is 14.6 Å². The van der Waals surface area contributed by atoms with Gasteiger partial charge < -0.3 is 46.3 Å². The van der Waals surface area contributed by atoms with Gasteiger partial charge in [0.1, 0.15) is 12.4 Å². The van der Waals surface area contributed by atoms with Gasteiger partial charge in [-0.3, -0.25) is 9.79 Å². The molecule has 0 unspecified atom stereocenters. The topological polar surface area (TPSA) is 178 Å². The molecule has 0 aliphatic carbocycles. The monoisotopic (exact) mass is 747 g/mol. The number of aromatic carboxylic acids is 1. The Morgan fingerprint density at radius 2 is 1.40 bits per heavy atom. The van der Waals surface area contributed by atoms with Gasteiger partial charge in [-0.05, 0) is 85.6 Å². The molecule has 0 bridgehead atoms. The van der Waals surface area contributed by atoms with Crippen molar-refractivity contribution in [1.82, 2.24) is 16.0 Å². The number of nitrogens with zero attached hydrogens (tertiary/aromatic N) is 2. The Bertz CT molecular complexity index is 1870. The Labute approximate surface area is 322 Å². The lowest BCUT2D eigenvalue weighted by Gasteiger charge is -2.14. The molecular weight excluding hydrogens is 699 g/mol. The number of terminal acetylenes is 1. The second-order valence-corrected chi connectivity index (χ2v) is 11.7. The van der Waals surface area contributed by atoms with Gasteiger partial charge in [-0.1, -0.05) is 49.0 Å². The van der Waals surface area contributed by atoms with Crippen LogP contribution in [-0.4, -0.2) is 80.1 Å². The lowest BCUT2D eigenvalue weighted by Crippen LogP contribution is -2.35. The molecule has 0 heterocycles. The highest BCUT2D eigenvalue weighted by Gasteiger charge is 2.06. The fourth-order valence-electron chi connectivity index (χ4n) is 4.61. The minimum absolute atomic E-state index is 0.130. The molecule has 4 aromatic rings. The molecule has 7 N–H and O–H groups in total. The molecule has 0 aliphatic rings. The van der Waals surface area contributed by atoms with E-state index in [2.05, 4.69) is 55.5 Å². The zero-order valence-electron chi connectivity index (χ0n) is 31.2. The first-order valence-electron chi connectivity index (χ1n) is 17.5. The number of amides is 1. The van der Waals surface area contributed by atoms with Gasteiger partial charge in [-0.15, -0.1) is 12.3 Å². The number of carbonyl (C=O) groups is 2. The Kier molecular flexibility index (Phi) is 19.1. The number of carboxylic acid groups (broad SMARTS) is 1. The summed E-state index contributed by atoms with van der Waals surface area (Å²) in [5.41, 5.74) is 5.06. The summed E-state index contributed by atoms with van der Waals surface area (Å²) < 4.78 is 11.2. The summed E-state index contributed by atoms with van der Waals surface area (Å²) in [5, 5.41) is 34.5. The molecule has 0 aliphatic heterocycles. The number of benzene rings is 4. The molecule has 0 atom stereocenters. The predicted octanol–water partition coefficient (Wildman–Crippen LogP) is 5.80. The van der Waals surface area contributed by atoms with Gasteiger partial charge in [0.2, 0.25) is 5.96 Å². The van der Waals surface area contributed by atoms with E-state index < -0.39 is 5.97 Å². The third-order valence-corrected chi connectivity index (χ3v) is 7.41. The van der Waals surface area contributed by atoms with Crippen LogP contribution in [0.4, 0.5) is 11.4 Å². The van der Waals surface area contributed by atoms with Crippen LogP contribution in [0.25, 0.3) is 5.70 Å². The van der Waals surface area contributed by atoms with Crippen molar-refractivity contribution in [3.05, 3.63) is 132 Å². The summed E-state index contributed by atoms with van der Waals surface area (Å²) in [6.07, 6.45) is 4.60. The number of rotatable bonds is 19. The molecule has 288 valence electrons.